The zero-order valence-electron chi connectivity index (χ0n) is 14.4. The van der Waals surface area contributed by atoms with Crippen LogP contribution in [-0.2, 0) is 19.6 Å². The molecule has 2 rings (SSSR count). The molecule has 10 heteroatoms. The van der Waals surface area contributed by atoms with Crippen LogP contribution in [0.3, 0.4) is 0 Å². The van der Waals surface area contributed by atoms with Crippen molar-refractivity contribution in [3.8, 4) is 0 Å². The van der Waals surface area contributed by atoms with Gasteiger partial charge in [0.05, 0.1) is 18.9 Å². The summed E-state index contributed by atoms with van der Waals surface area (Å²) in [5, 5.41) is 6.42. The average Bonchev–Trinajstić information content (AvgIpc) is 3.04. The Bertz CT molecular complexity index is 672. The number of carbonyl (C=O) groups excluding carboxylic acids is 1. The van der Waals surface area contributed by atoms with Gasteiger partial charge in [0.25, 0.3) is 5.89 Å². The predicted molar refractivity (Wildman–Crippen MR) is 85.6 cm³/mol. The van der Waals surface area contributed by atoms with Gasteiger partial charge in [0, 0.05) is 12.6 Å². The summed E-state index contributed by atoms with van der Waals surface area (Å²) in [6, 6.07) is -0.0493. The summed E-state index contributed by atoms with van der Waals surface area (Å²) in [5.41, 5.74) is 0. The standard InChI is InChI=1S/C14H24N4O5S/c1-9(2)15-13(19)8-18(24(4,20)21)7-11-5-6-12(22-11)14-16-10(3)17-23-14/h9,11-12H,5-8H2,1-4H3,(H,15,19)/t11-,12+/m1/s1. The molecule has 1 aromatic heterocycles. The number of aryl methyl sites for hydroxylation is 1. The molecule has 0 aliphatic carbocycles. The minimum atomic E-state index is -3.52. The number of nitrogens with zero attached hydrogens (tertiary/aromatic N) is 3. The normalized spacial score (nSPS) is 21.6. The highest BCUT2D eigenvalue weighted by Crippen LogP contribution is 2.32. The summed E-state index contributed by atoms with van der Waals surface area (Å²) in [7, 11) is -3.52. The largest absolute Gasteiger partial charge is 0.364 e. The molecule has 2 heterocycles. The van der Waals surface area contributed by atoms with Crippen LogP contribution < -0.4 is 5.32 Å². The maximum absolute atomic E-state index is 11.9. The first-order valence-corrected chi connectivity index (χ1v) is 9.70. The third-order valence-electron chi connectivity index (χ3n) is 3.57. The number of carbonyl (C=O) groups is 1. The van der Waals surface area contributed by atoms with E-state index < -0.39 is 10.0 Å². The molecule has 1 N–H and O–H groups in total. The van der Waals surface area contributed by atoms with Crippen LogP contribution >= 0.6 is 0 Å². The molecule has 136 valence electrons. The minimum Gasteiger partial charge on any atom is -0.364 e. The Morgan fingerprint density at radius 3 is 2.67 bits per heavy atom. The molecule has 1 amide bonds. The van der Waals surface area contributed by atoms with Gasteiger partial charge >= 0.3 is 0 Å². The van der Waals surface area contributed by atoms with E-state index in [0.717, 1.165) is 10.6 Å². The second-order valence-electron chi connectivity index (χ2n) is 6.28. The van der Waals surface area contributed by atoms with E-state index in [1.807, 2.05) is 13.8 Å². The first-order valence-electron chi connectivity index (χ1n) is 7.85. The number of sulfonamides is 1. The highest BCUT2D eigenvalue weighted by atomic mass is 32.2. The number of ether oxygens (including phenoxy) is 1. The number of aromatic nitrogens is 2. The molecule has 24 heavy (non-hydrogen) atoms. The molecule has 0 unspecified atom stereocenters. The maximum Gasteiger partial charge on any atom is 0.255 e. The summed E-state index contributed by atoms with van der Waals surface area (Å²) >= 11 is 0. The van der Waals surface area contributed by atoms with E-state index in [1.165, 1.54) is 0 Å². The van der Waals surface area contributed by atoms with Gasteiger partial charge in [-0.25, -0.2) is 8.42 Å². The summed E-state index contributed by atoms with van der Waals surface area (Å²) < 4.78 is 35.9. The van der Waals surface area contributed by atoms with Gasteiger partial charge in [0.1, 0.15) is 6.10 Å². The Morgan fingerprint density at radius 1 is 1.42 bits per heavy atom. The molecule has 0 bridgehead atoms. The van der Waals surface area contributed by atoms with Crippen LogP contribution in [0.2, 0.25) is 0 Å². The average molecular weight is 360 g/mol. The van der Waals surface area contributed by atoms with Crippen LogP contribution in [-0.4, -0.2) is 60.3 Å². The van der Waals surface area contributed by atoms with Gasteiger partial charge in [-0.3, -0.25) is 4.79 Å². The van der Waals surface area contributed by atoms with Gasteiger partial charge in [-0.1, -0.05) is 5.16 Å². The van der Waals surface area contributed by atoms with Crippen LogP contribution in [0.4, 0.5) is 0 Å². The molecule has 1 saturated heterocycles. The fraction of sp³-hybridized carbons (Fsp3) is 0.786. The fourth-order valence-corrected chi connectivity index (χ4v) is 3.33. The van der Waals surface area contributed by atoms with Gasteiger partial charge in [0.2, 0.25) is 15.9 Å². The molecule has 1 aliphatic rings. The van der Waals surface area contributed by atoms with Crippen LogP contribution in [0.1, 0.15) is 44.5 Å². The van der Waals surface area contributed by atoms with Crippen molar-refractivity contribution in [3.05, 3.63) is 11.7 Å². The lowest BCUT2D eigenvalue weighted by atomic mass is 10.2. The summed E-state index contributed by atoms with van der Waals surface area (Å²) in [6.45, 7) is 5.26. The first-order chi connectivity index (χ1) is 11.1. The summed E-state index contributed by atoms with van der Waals surface area (Å²) in [5.74, 6) is 0.594. The van der Waals surface area contributed by atoms with Gasteiger partial charge < -0.3 is 14.6 Å². The molecule has 0 aromatic carbocycles. The number of rotatable bonds is 7. The fourth-order valence-electron chi connectivity index (χ4n) is 2.54. The molecule has 1 aliphatic heterocycles. The molecule has 0 spiro atoms. The van der Waals surface area contributed by atoms with Crippen LogP contribution in [0.25, 0.3) is 0 Å². The van der Waals surface area contributed by atoms with Crippen LogP contribution in [0.15, 0.2) is 4.52 Å². The second kappa shape index (κ2) is 7.58. The third kappa shape index (κ3) is 5.25. The Hall–Kier alpha value is -1.52. The first kappa shape index (κ1) is 18.8. The number of hydrogen-bond donors (Lipinski definition) is 1. The van der Waals surface area contributed by atoms with Crippen molar-refractivity contribution in [2.75, 3.05) is 19.3 Å². The molecule has 0 saturated carbocycles. The van der Waals surface area contributed by atoms with E-state index in [2.05, 4.69) is 15.5 Å². The summed E-state index contributed by atoms with van der Waals surface area (Å²) in [6.07, 6.45) is 1.76. The van der Waals surface area contributed by atoms with E-state index >= 15 is 0 Å². The lowest BCUT2D eigenvalue weighted by Gasteiger charge is -2.23. The highest BCUT2D eigenvalue weighted by molar-refractivity contribution is 7.88. The van der Waals surface area contributed by atoms with Crippen molar-refractivity contribution in [2.24, 2.45) is 0 Å². The second-order valence-corrected chi connectivity index (χ2v) is 8.26. The van der Waals surface area contributed by atoms with Crippen LogP contribution in [0.5, 0.6) is 0 Å². The van der Waals surface area contributed by atoms with Crippen molar-refractivity contribution < 1.29 is 22.5 Å². The van der Waals surface area contributed by atoms with Crippen molar-refractivity contribution >= 4 is 15.9 Å². The SMILES string of the molecule is Cc1noc([C@@H]2CC[C@H](CN(CC(=O)NC(C)C)S(C)(=O)=O)O2)n1. The molecule has 2 atom stereocenters. The Labute approximate surface area is 141 Å². The monoisotopic (exact) mass is 360 g/mol. The Morgan fingerprint density at radius 2 is 2.12 bits per heavy atom. The van der Waals surface area contributed by atoms with Crippen LogP contribution in [0, 0.1) is 6.92 Å². The summed E-state index contributed by atoms with van der Waals surface area (Å²) in [4.78, 5) is 16.0. The minimum absolute atomic E-state index is 0.0493. The van der Waals surface area contributed by atoms with Gasteiger partial charge in [-0.15, -0.1) is 0 Å². The van der Waals surface area contributed by atoms with Crippen molar-refractivity contribution in [1.82, 2.24) is 19.8 Å². The zero-order chi connectivity index (χ0) is 17.9. The van der Waals surface area contributed by atoms with E-state index in [9.17, 15) is 13.2 Å². The van der Waals surface area contributed by atoms with E-state index in [0.29, 0.717) is 24.6 Å². The smallest absolute Gasteiger partial charge is 0.255 e. The Balaban J connectivity index is 1.96. The molecule has 1 fully saturated rings. The lowest BCUT2D eigenvalue weighted by Crippen LogP contribution is -2.45. The lowest BCUT2D eigenvalue weighted by molar-refractivity contribution is -0.122. The molecule has 1 aromatic rings. The van der Waals surface area contributed by atoms with Gasteiger partial charge in [-0.05, 0) is 33.6 Å². The molecule has 0 radical (unpaired) electrons. The molecule has 9 nitrogen and oxygen atoms in total. The highest BCUT2D eigenvalue weighted by Gasteiger charge is 2.33. The molecular weight excluding hydrogens is 336 g/mol. The topological polar surface area (TPSA) is 115 Å². The van der Waals surface area contributed by atoms with E-state index in [1.54, 1.807) is 6.92 Å². The van der Waals surface area contributed by atoms with Gasteiger partial charge in [0.15, 0.2) is 5.82 Å². The Kier molecular flexibility index (Phi) is 5.94. The predicted octanol–water partition coefficient (Wildman–Crippen LogP) is 0.384. The van der Waals surface area contributed by atoms with Crippen molar-refractivity contribution in [1.29, 1.82) is 0 Å². The zero-order valence-corrected chi connectivity index (χ0v) is 15.2. The number of amides is 1. The maximum atomic E-state index is 11.9. The van der Waals surface area contributed by atoms with Crippen molar-refractivity contribution in [2.45, 2.75) is 51.9 Å². The van der Waals surface area contributed by atoms with Gasteiger partial charge in [-0.2, -0.15) is 9.29 Å². The molecular formula is C14H24N4O5S. The number of nitrogens with one attached hydrogen (secondary N) is 1. The van der Waals surface area contributed by atoms with Crippen molar-refractivity contribution in [3.63, 3.8) is 0 Å². The quantitative estimate of drug-likeness (QED) is 0.747. The van der Waals surface area contributed by atoms with E-state index in [4.69, 9.17) is 9.26 Å². The number of hydrogen-bond acceptors (Lipinski definition) is 7. The van der Waals surface area contributed by atoms with E-state index in [-0.39, 0.29) is 37.2 Å². The third-order valence-corrected chi connectivity index (χ3v) is 4.79.